The van der Waals surface area contributed by atoms with E-state index in [1.807, 2.05) is 13.8 Å². The summed E-state index contributed by atoms with van der Waals surface area (Å²) in [5, 5.41) is 2.55. The summed E-state index contributed by atoms with van der Waals surface area (Å²) in [6.45, 7) is 5.64. The SMILES string of the molecule is CC(C)C(C)(CN)NC(=O)CCC(F)(F)F.Cl. The quantitative estimate of drug-likeness (QED) is 0.809. The van der Waals surface area contributed by atoms with Crippen LogP contribution in [0.1, 0.15) is 33.6 Å². The van der Waals surface area contributed by atoms with Gasteiger partial charge in [0, 0.05) is 13.0 Å². The normalized spacial score (nSPS) is 15.1. The van der Waals surface area contributed by atoms with Crippen LogP contribution >= 0.6 is 12.4 Å². The van der Waals surface area contributed by atoms with Crippen LogP contribution in [0.2, 0.25) is 0 Å². The molecule has 3 N–H and O–H groups in total. The molecule has 0 aliphatic heterocycles. The molecule has 1 amide bonds. The third-order valence-electron chi connectivity index (χ3n) is 2.76. The molecule has 0 saturated heterocycles. The van der Waals surface area contributed by atoms with Crippen molar-refractivity contribution in [3.63, 3.8) is 0 Å². The molecule has 0 aromatic rings. The Hall–Kier alpha value is -0.490. The molecule has 3 nitrogen and oxygen atoms in total. The first-order valence-corrected chi connectivity index (χ1v) is 5.18. The molecule has 104 valence electrons. The van der Waals surface area contributed by atoms with E-state index in [-0.39, 0.29) is 24.9 Å². The number of nitrogens with two attached hydrogens (primary N) is 1. The first-order chi connectivity index (χ1) is 7.10. The molecule has 1 atom stereocenters. The van der Waals surface area contributed by atoms with Gasteiger partial charge in [-0.05, 0) is 12.8 Å². The van der Waals surface area contributed by atoms with Crippen molar-refractivity contribution in [3.05, 3.63) is 0 Å². The smallest absolute Gasteiger partial charge is 0.349 e. The van der Waals surface area contributed by atoms with Crippen molar-refractivity contribution < 1.29 is 18.0 Å². The molecule has 0 spiro atoms. The first kappa shape index (κ1) is 18.9. The number of amides is 1. The lowest BCUT2D eigenvalue weighted by molar-refractivity contribution is -0.145. The fourth-order valence-electron chi connectivity index (χ4n) is 1.07. The van der Waals surface area contributed by atoms with Gasteiger partial charge in [-0.15, -0.1) is 12.4 Å². The minimum Gasteiger partial charge on any atom is -0.349 e. The van der Waals surface area contributed by atoms with E-state index < -0.39 is 30.5 Å². The molecular weight excluding hydrogens is 257 g/mol. The number of nitrogens with one attached hydrogen (secondary N) is 1. The maximum Gasteiger partial charge on any atom is 0.389 e. The summed E-state index contributed by atoms with van der Waals surface area (Å²) in [5.41, 5.74) is 4.85. The summed E-state index contributed by atoms with van der Waals surface area (Å²) in [7, 11) is 0. The summed E-state index contributed by atoms with van der Waals surface area (Å²) < 4.78 is 35.7. The van der Waals surface area contributed by atoms with Crippen molar-refractivity contribution in [1.82, 2.24) is 5.32 Å². The number of hydrogen-bond donors (Lipinski definition) is 2. The Bertz CT molecular complexity index is 246. The molecule has 1 unspecified atom stereocenters. The second kappa shape index (κ2) is 7.06. The number of rotatable bonds is 5. The Labute approximate surface area is 106 Å². The van der Waals surface area contributed by atoms with Gasteiger partial charge in [-0.3, -0.25) is 4.79 Å². The molecule has 0 aliphatic rings. The van der Waals surface area contributed by atoms with E-state index in [2.05, 4.69) is 5.32 Å². The van der Waals surface area contributed by atoms with Crippen LogP contribution in [0.15, 0.2) is 0 Å². The van der Waals surface area contributed by atoms with Gasteiger partial charge in [0.2, 0.25) is 5.91 Å². The molecule has 0 saturated carbocycles. The molecule has 0 heterocycles. The molecule has 0 aromatic heterocycles. The fourth-order valence-corrected chi connectivity index (χ4v) is 1.07. The zero-order chi connectivity index (χ0) is 13.0. The molecular formula is C10H20ClF3N2O. The highest BCUT2D eigenvalue weighted by Crippen LogP contribution is 2.22. The van der Waals surface area contributed by atoms with Gasteiger partial charge >= 0.3 is 6.18 Å². The van der Waals surface area contributed by atoms with E-state index in [1.165, 1.54) is 0 Å². The predicted octanol–water partition coefficient (Wildman–Crippen LogP) is 2.24. The van der Waals surface area contributed by atoms with Crippen molar-refractivity contribution in [2.75, 3.05) is 6.54 Å². The number of alkyl halides is 3. The molecule has 17 heavy (non-hydrogen) atoms. The van der Waals surface area contributed by atoms with E-state index in [9.17, 15) is 18.0 Å². The van der Waals surface area contributed by atoms with Crippen LogP contribution in [0.25, 0.3) is 0 Å². The number of carbonyl (C=O) groups is 1. The Morgan fingerprint density at radius 1 is 1.35 bits per heavy atom. The number of halogens is 4. The van der Waals surface area contributed by atoms with Crippen LogP contribution in [0, 0.1) is 5.92 Å². The monoisotopic (exact) mass is 276 g/mol. The van der Waals surface area contributed by atoms with Crippen molar-refractivity contribution >= 4 is 18.3 Å². The van der Waals surface area contributed by atoms with Crippen LogP contribution < -0.4 is 11.1 Å². The van der Waals surface area contributed by atoms with E-state index in [0.717, 1.165) is 0 Å². The Kier molecular flexibility index (Phi) is 7.83. The van der Waals surface area contributed by atoms with Crippen LogP contribution in [-0.4, -0.2) is 24.2 Å². The summed E-state index contributed by atoms with van der Waals surface area (Å²) in [5.74, 6) is -0.550. The highest BCUT2D eigenvalue weighted by Gasteiger charge is 2.31. The van der Waals surface area contributed by atoms with Crippen LogP contribution in [-0.2, 0) is 4.79 Å². The van der Waals surface area contributed by atoms with Gasteiger partial charge in [-0.25, -0.2) is 0 Å². The van der Waals surface area contributed by atoms with Gasteiger partial charge in [0.25, 0.3) is 0 Å². The lowest BCUT2D eigenvalue weighted by Crippen LogP contribution is -2.55. The number of carbonyl (C=O) groups excluding carboxylic acids is 1. The molecule has 7 heteroatoms. The second-order valence-corrected chi connectivity index (χ2v) is 4.44. The van der Waals surface area contributed by atoms with E-state index in [0.29, 0.717) is 0 Å². The Balaban J connectivity index is 0. The van der Waals surface area contributed by atoms with Crippen molar-refractivity contribution in [1.29, 1.82) is 0 Å². The summed E-state index contributed by atoms with van der Waals surface area (Å²) in [4.78, 5) is 11.3. The molecule has 0 fully saturated rings. The van der Waals surface area contributed by atoms with Gasteiger partial charge in [0.05, 0.1) is 12.0 Å². The standard InChI is InChI=1S/C10H19F3N2O.ClH/c1-7(2)9(3,6-14)15-8(16)4-5-10(11,12)13;/h7H,4-6,14H2,1-3H3,(H,15,16);1H. The van der Waals surface area contributed by atoms with E-state index in [4.69, 9.17) is 5.73 Å². The van der Waals surface area contributed by atoms with Crippen molar-refractivity contribution in [3.8, 4) is 0 Å². The molecule has 0 aromatic carbocycles. The van der Waals surface area contributed by atoms with Crippen LogP contribution in [0.3, 0.4) is 0 Å². The summed E-state index contributed by atoms with van der Waals surface area (Å²) in [6, 6.07) is 0. The number of hydrogen-bond acceptors (Lipinski definition) is 2. The topological polar surface area (TPSA) is 55.1 Å². The second-order valence-electron chi connectivity index (χ2n) is 4.44. The average molecular weight is 277 g/mol. The highest BCUT2D eigenvalue weighted by molar-refractivity contribution is 5.85. The molecule has 0 rings (SSSR count). The third-order valence-corrected chi connectivity index (χ3v) is 2.76. The summed E-state index contributed by atoms with van der Waals surface area (Å²) in [6.07, 6.45) is -5.95. The van der Waals surface area contributed by atoms with Crippen molar-refractivity contribution in [2.24, 2.45) is 11.7 Å². The van der Waals surface area contributed by atoms with Gasteiger partial charge < -0.3 is 11.1 Å². The first-order valence-electron chi connectivity index (χ1n) is 5.18. The maximum atomic E-state index is 11.9. The van der Waals surface area contributed by atoms with Gasteiger partial charge in [0.15, 0.2) is 0 Å². The zero-order valence-electron chi connectivity index (χ0n) is 10.2. The Morgan fingerprint density at radius 3 is 2.12 bits per heavy atom. The minimum absolute atomic E-state index is 0. The largest absolute Gasteiger partial charge is 0.389 e. The predicted molar refractivity (Wildman–Crippen MR) is 63.0 cm³/mol. The van der Waals surface area contributed by atoms with E-state index in [1.54, 1.807) is 6.92 Å². The molecule has 0 bridgehead atoms. The van der Waals surface area contributed by atoms with Crippen LogP contribution in [0.4, 0.5) is 13.2 Å². The fraction of sp³-hybridized carbons (Fsp3) is 0.900. The Morgan fingerprint density at radius 2 is 1.82 bits per heavy atom. The highest BCUT2D eigenvalue weighted by atomic mass is 35.5. The van der Waals surface area contributed by atoms with Crippen molar-refractivity contribution in [2.45, 2.75) is 45.3 Å². The zero-order valence-corrected chi connectivity index (χ0v) is 11.0. The van der Waals surface area contributed by atoms with Gasteiger partial charge in [-0.2, -0.15) is 13.2 Å². The maximum absolute atomic E-state index is 11.9. The summed E-state index contributed by atoms with van der Waals surface area (Å²) >= 11 is 0. The van der Waals surface area contributed by atoms with Crippen LogP contribution in [0.5, 0.6) is 0 Å². The van der Waals surface area contributed by atoms with E-state index >= 15 is 0 Å². The molecule has 0 aliphatic carbocycles. The van der Waals surface area contributed by atoms with Gasteiger partial charge in [0.1, 0.15) is 0 Å². The lowest BCUT2D eigenvalue weighted by atomic mass is 9.88. The van der Waals surface area contributed by atoms with Gasteiger partial charge in [-0.1, -0.05) is 13.8 Å². The minimum atomic E-state index is -4.30. The molecule has 0 radical (unpaired) electrons. The third kappa shape index (κ3) is 7.44. The lowest BCUT2D eigenvalue weighted by Gasteiger charge is -2.33. The average Bonchev–Trinajstić information content (AvgIpc) is 2.13.